The van der Waals surface area contributed by atoms with Gasteiger partial charge in [0, 0.05) is 26.2 Å². The van der Waals surface area contributed by atoms with Gasteiger partial charge in [-0.2, -0.15) is 0 Å². The van der Waals surface area contributed by atoms with E-state index in [2.05, 4.69) is 41.3 Å². The quantitative estimate of drug-likeness (QED) is 0.884. The SMILES string of the molecule is CNC(C)c1ccc(N(C)CC2CCCOC2)cn1. The van der Waals surface area contributed by atoms with E-state index in [4.69, 9.17) is 4.74 Å². The van der Waals surface area contributed by atoms with Gasteiger partial charge in [0.2, 0.25) is 0 Å². The second-order valence-corrected chi connectivity index (χ2v) is 5.42. The smallest absolute Gasteiger partial charge is 0.0571 e. The molecule has 1 N–H and O–H groups in total. The highest BCUT2D eigenvalue weighted by Gasteiger charge is 2.16. The number of hydrogen-bond donors (Lipinski definition) is 1. The van der Waals surface area contributed by atoms with Gasteiger partial charge in [-0.15, -0.1) is 0 Å². The number of aromatic nitrogens is 1. The van der Waals surface area contributed by atoms with E-state index < -0.39 is 0 Å². The van der Waals surface area contributed by atoms with Gasteiger partial charge in [-0.05, 0) is 44.9 Å². The fourth-order valence-electron chi connectivity index (χ4n) is 2.47. The molecule has 1 aromatic heterocycles. The molecule has 1 saturated heterocycles. The predicted molar refractivity (Wildman–Crippen MR) is 78.5 cm³/mol. The van der Waals surface area contributed by atoms with E-state index in [0.717, 1.165) is 25.5 Å². The third-order valence-electron chi connectivity index (χ3n) is 3.87. The maximum absolute atomic E-state index is 5.53. The molecule has 2 heterocycles. The van der Waals surface area contributed by atoms with Crippen LogP contribution in [0.3, 0.4) is 0 Å². The van der Waals surface area contributed by atoms with Gasteiger partial charge in [0.05, 0.1) is 24.2 Å². The van der Waals surface area contributed by atoms with E-state index >= 15 is 0 Å². The van der Waals surface area contributed by atoms with E-state index in [1.54, 1.807) is 0 Å². The van der Waals surface area contributed by atoms with Crippen molar-refractivity contribution in [3.63, 3.8) is 0 Å². The Morgan fingerprint density at radius 2 is 2.37 bits per heavy atom. The molecule has 1 aliphatic heterocycles. The van der Waals surface area contributed by atoms with Gasteiger partial charge in [0.1, 0.15) is 0 Å². The Morgan fingerprint density at radius 3 is 2.95 bits per heavy atom. The van der Waals surface area contributed by atoms with Crippen molar-refractivity contribution >= 4 is 5.69 Å². The molecule has 0 saturated carbocycles. The fraction of sp³-hybridized carbons (Fsp3) is 0.667. The minimum absolute atomic E-state index is 0.297. The summed E-state index contributed by atoms with van der Waals surface area (Å²) < 4.78 is 5.53. The minimum Gasteiger partial charge on any atom is -0.381 e. The van der Waals surface area contributed by atoms with Crippen molar-refractivity contribution in [3.8, 4) is 0 Å². The van der Waals surface area contributed by atoms with Crippen molar-refractivity contribution in [2.75, 3.05) is 38.8 Å². The second kappa shape index (κ2) is 6.87. The molecule has 1 aliphatic rings. The molecule has 0 aliphatic carbocycles. The lowest BCUT2D eigenvalue weighted by Crippen LogP contribution is -2.30. The molecule has 19 heavy (non-hydrogen) atoms. The Labute approximate surface area is 116 Å². The first kappa shape index (κ1) is 14.3. The summed E-state index contributed by atoms with van der Waals surface area (Å²) in [5.41, 5.74) is 2.26. The normalized spacial score (nSPS) is 21.1. The maximum Gasteiger partial charge on any atom is 0.0571 e. The second-order valence-electron chi connectivity index (χ2n) is 5.42. The maximum atomic E-state index is 5.53. The number of pyridine rings is 1. The van der Waals surface area contributed by atoms with Crippen LogP contribution in [0, 0.1) is 5.92 Å². The molecule has 0 radical (unpaired) electrons. The lowest BCUT2D eigenvalue weighted by atomic mass is 10.0. The van der Waals surface area contributed by atoms with Crippen molar-refractivity contribution < 1.29 is 4.74 Å². The van der Waals surface area contributed by atoms with Crippen LogP contribution in [-0.4, -0.2) is 38.8 Å². The molecule has 0 aromatic carbocycles. The summed E-state index contributed by atoms with van der Waals surface area (Å²) in [6.07, 6.45) is 4.43. The van der Waals surface area contributed by atoms with Gasteiger partial charge in [-0.1, -0.05) is 0 Å². The van der Waals surface area contributed by atoms with Gasteiger partial charge < -0.3 is 15.0 Å². The summed E-state index contributed by atoms with van der Waals surface area (Å²) in [4.78, 5) is 6.81. The van der Waals surface area contributed by atoms with Crippen molar-refractivity contribution in [2.24, 2.45) is 5.92 Å². The zero-order valence-corrected chi connectivity index (χ0v) is 12.2. The minimum atomic E-state index is 0.297. The molecule has 1 aromatic rings. The van der Waals surface area contributed by atoms with E-state index in [0.29, 0.717) is 12.0 Å². The van der Waals surface area contributed by atoms with Crippen LogP contribution in [0.1, 0.15) is 31.5 Å². The first-order chi connectivity index (χ1) is 9.20. The number of nitrogens with one attached hydrogen (secondary N) is 1. The summed E-state index contributed by atoms with van der Waals surface area (Å²) in [7, 11) is 4.09. The van der Waals surface area contributed by atoms with E-state index in [9.17, 15) is 0 Å². The van der Waals surface area contributed by atoms with Crippen LogP contribution in [0.5, 0.6) is 0 Å². The molecule has 2 unspecified atom stereocenters. The number of hydrogen-bond acceptors (Lipinski definition) is 4. The van der Waals surface area contributed by atoms with Crippen molar-refractivity contribution in [1.29, 1.82) is 0 Å². The Kier molecular flexibility index (Phi) is 5.16. The number of rotatable bonds is 5. The van der Waals surface area contributed by atoms with Crippen LogP contribution in [0.4, 0.5) is 5.69 Å². The molecular formula is C15H25N3O. The highest BCUT2D eigenvalue weighted by Crippen LogP contribution is 2.19. The Bertz CT molecular complexity index is 373. The van der Waals surface area contributed by atoms with Crippen LogP contribution in [0.2, 0.25) is 0 Å². The predicted octanol–water partition coefficient (Wildman–Crippen LogP) is 2.22. The molecule has 2 atom stereocenters. The zero-order chi connectivity index (χ0) is 13.7. The Balaban J connectivity index is 1.93. The monoisotopic (exact) mass is 263 g/mol. The topological polar surface area (TPSA) is 37.4 Å². The van der Waals surface area contributed by atoms with E-state index in [1.807, 2.05) is 13.2 Å². The van der Waals surface area contributed by atoms with Crippen molar-refractivity contribution in [2.45, 2.75) is 25.8 Å². The van der Waals surface area contributed by atoms with Gasteiger partial charge in [0.25, 0.3) is 0 Å². The van der Waals surface area contributed by atoms with Crippen LogP contribution < -0.4 is 10.2 Å². The molecule has 4 nitrogen and oxygen atoms in total. The lowest BCUT2D eigenvalue weighted by molar-refractivity contribution is 0.0576. The summed E-state index contributed by atoms with van der Waals surface area (Å²) in [5, 5.41) is 3.20. The first-order valence-corrected chi connectivity index (χ1v) is 7.13. The highest BCUT2D eigenvalue weighted by atomic mass is 16.5. The van der Waals surface area contributed by atoms with Gasteiger partial charge in [-0.3, -0.25) is 4.98 Å². The molecular weight excluding hydrogens is 238 g/mol. The summed E-state index contributed by atoms with van der Waals surface area (Å²) in [6.45, 7) is 4.98. The Morgan fingerprint density at radius 1 is 1.53 bits per heavy atom. The number of anilines is 1. The van der Waals surface area contributed by atoms with E-state index in [1.165, 1.54) is 18.5 Å². The van der Waals surface area contributed by atoms with E-state index in [-0.39, 0.29) is 0 Å². The molecule has 0 spiro atoms. The van der Waals surface area contributed by atoms with Crippen LogP contribution in [0.15, 0.2) is 18.3 Å². The van der Waals surface area contributed by atoms with Gasteiger partial charge in [-0.25, -0.2) is 0 Å². The highest BCUT2D eigenvalue weighted by molar-refractivity contribution is 5.43. The third-order valence-corrected chi connectivity index (χ3v) is 3.87. The summed E-state index contributed by atoms with van der Waals surface area (Å²) in [6, 6.07) is 4.55. The number of ether oxygens (including phenoxy) is 1. The number of nitrogens with zero attached hydrogens (tertiary/aromatic N) is 2. The summed E-state index contributed by atoms with van der Waals surface area (Å²) in [5.74, 6) is 0.648. The molecule has 2 rings (SSSR count). The van der Waals surface area contributed by atoms with Gasteiger partial charge in [0.15, 0.2) is 0 Å². The lowest BCUT2D eigenvalue weighted by Gasteiger charge is -2.28. The van der Waals surface area contributed by atoms with Gasteiger partial charge >= 0.3 is 0 Å². The van der Waals surface area contributed by atoms with Crippen LogP contribution in [-0.2, 0) is 4.74 Å². The average molecular weight is 263 g/mol. The third kappa shape index (κ3) is 3.91. The summed E-state index contributed by atoms with van der Waals surface area (Å²) >= 11 is 0. The van der Waals surface area contributed by atoms with Crippen LogP contribution >= 0.6 is 0 Å². The van der Waals surface area contributed by atoms with Crippen molar-refractivity contribution in [3.05, 3.63) is 24.0 Å². The molecule has 4 heteroatoms. The fourth-order valence-corrected chi connectivity index (χ4v) is 2.47. The molecule has 106 valence electrons. The molecule has 1 fully saturated rings. The molecule has 0 amide bonds. The largest absolute Gasteiger partial charge is 0.381 e. The van der Waals surface area contributed by atoms with Crippen LogP contribution in [0.25, 0.3) is 0 Å². The Hall–Kier alpha value is -1.13. The van der Waals surface area contributed by atoms with Crippen molar-refractivity contribution in [1.82, 2.24) is 10.3 Å². The average Bonchev–Trinajstić information content (AvgIpc) is 2.47. The zero-order valence-electron chi connectivity index (χ0n) is 12.2. The first-order valence-electron chi connectivity index (χ1n) is 7.13. The standard InChI is InChI=1S/C15H25N3O/c1-12(16-2)15-7-6-14(9-17-15)18(3)10-13-5-4-8-19-11-13/h6-7,9,12-13,16H,4-5,8,10-11H2,1-3H3. The molecule has 0 bridgehead atoms.